The van der Waals surface area contributed by atoms with Crippen molar-refractivity contribution in [2.45, 2.75) is 6.54 Å². The zero-order valence-electron chi connectivity index (χ0n) is 9.60. The Morgan fingerprint density at radius 3 is 2.94 bits per heavy atom. The molecule has 0 radical (unpaired) electrons. The van der Waals surface area contributed by atoms with Crippen molar-refractivity contribution >= 4 is 6.09 Å². The summed E-state index contributed by atoms with van der Waals surface area (Å²) in [5.41, 5.74) is 5.51. The molecule has 6 nitrogen and oxygen atoms in total. The molecule has 0 aliphatic carbocycles. The van der Waals surface area contributed by atoms with Crippen LogP contribution in [0.5, 0.6) is 11.5 Å². The van der Waals surface area contributed by atoms with Gasteiger partial charge in [0, 0.05) is 18.7 Å². The molecule has 6 heteroatoms. The van der Waals surface area contributed by atoms with Crippen LogP contribution in [0.3, 0.4) is 0 Å². The minimum Gasteiger partial charge on any atom is -0.504 e. The molecule has 0 saturated heterocycles. The fourth-order valence-corrected chi connectivity index (χ4v) is 1.32. The summed E-state index contributed by atoms with van der Waals surface area (Å²) < 4.78 is 9.53. The van der Waals surface area contributed by atoms with Gasteiger partial charge in [-0.25, -0.2) is 4.79 Å². The van der Waals surface area contributed by atoms with Crippen molar-refractivity contribution in [1.82, 2.24) is 5.32 Å². The van der Waals surface area contributed by atoms with Gasteiger partial charge in [0.2, 0.25) is 0 Å². The highest BCUT2D eigenvalue weighted by Gasteiger charge is 2.06. The average molecular weight is 240 g/mol. The molecule has 0 bridgehead atoms. The summed E-state index contributed by atoms with van der Waals surface area (Å²) in [5, 5.41) is 12.8. The Labute approximate surface area is 99.3 Å². The number of carbonyl (C=O) groups excluding carboxylic acids is 1. The van der Waals surface area contributed by atoms with E-state index < -0.39 is 6.09 Å². The van der Waals surface area contributed by atoms with Crippen LogP contribution in [0.15, 0.2) is 18.2 Å². The molecule has 0 aliphatic rings. The van der Waals surface area contributed by atoms with E-state index in [9.17, 15) is 9.90 Å². The standard InChI is InChI=1S/C11H16N2O4/c1-16-9-4-2-3-8(10(9)14)7-13-5-6-17-11(12)15/h2-4,13-14H,5-7H2,1H3,(H2,12,15). The van der Waals surface area contributed by atoms with Crippen molar-refractivity contribution in [3.8, 4) is 11.5 Å². The number of nitrogens with one attached hydrogen (secondary N) is 1. The maximum absolute atomic E-state index is 10.3. The van der Waals surface area contributed by atoms with Crippen LogP contribution >= 0.6 is 0 Å². The lowest BCUT2D eigenvalue weighted by Crippen LogP contribution is -2.23. The van der Waals surface area contributed by atoms with Gasteiger partial charge in [0.05, 0.1) is 7.11 Å². The fourth-order valence-electron chi connectivity index (χ4n) is 1.32. The predicted molar refractivity (Wildman–Crippen MR) is 61.9 cm³/mol. The molecular formula is C11H16N2O4. The lowest BCUT2D eigenvalue weighted by atomic mass is 10.2. The summed E-state index contributed by atoms with van der Waals surface area (Å²) in [6.45, 7) is 1.10. The van der Waals surface area contributed by atoms with Crippen molar-refractivity contribution in [2.24, 2.45) is 5.73 Å². The smallest absolute Gasteiger partial charge is 0.404 e. The second kappa shape index (κ2) is 6.59. The zero-order valence-corrected chi connectivity index (χ0v) is 9.60. The van der Waals surface area contributed by atoms with Gasteiger partial charge in [-0.05, 0) is 6.07 Å². The maximum Gasteiger partial charge on any atom is 0.404 e. The molecule has 1 amide bonds. The molecule has 1 aromatic carbocycles. The van der Waals surface area contributed by atoms with Crippen LogP contribution in [0.2, 0.25) is 0 Å². The van der Waals surface area contributed by atoms with Crippen molar-refractivity contribution in [2.75, 3.05) is 20.3 Å². The first-order valence-electron chi connectivity index (χ1n) is 5.13. The Balaban J connectivity index is 2.39. The number of benzene rings is 1. The molecule has 17 heavy (non-hydrogen) atoms. The quantitative estimate of drug-likeness (QED) is 0.632. The van der Waals surface area contributed by atoms with Crippen molar-refractivity contribution in [1.29, 1.82) is 0 Å². The predicted octanol–water partition coefficient (Wildman–Crippen LogP) is 0.586. The normalized spacial score (nSPS) is 9.94. The molecule has 94 valence electrons. The Bertz CT molecular complexity index is 382. The Kier molecular flexibility index (Phi) is 5.09. The number of primary amides is 1. The minimum atomic E-state index is -0.795. The summed E-state index contributed by atoms with van der Waals surface area (Å²) >= 11 is 0. The van der Waals surface area contributed by atoms with Crippen LogP contribution in [0.25, 0.3) is 0 Å². The van der Waals surface area contributed by atoms with E-state index >= 15 is 0 Å². The lowest BCUT2D eigenvalue weighted by molar-refractivity contribution is 0.157. The largest absolute Gasteiger partial charge is 0.504 e. The molecule has 0 unspecified atom stereocenters. The van der Waals surface area contributed by atoms with Gasteiger partial charge >= 0.3 is 6.09 Å². The molecule has 0 atom stereocenters. The molecule has 1 rings (SSSR count). The Morgan fingerprint density at radius 2 is 2.29 bits per heavy atom. The molecule has 4 N–H and O–H groups in total. The number of aromatic hydroxyl groups is 1. The molecule has 0 aliphatic heterocycles. The van der Waals surface area contributed by atoms with Gasteiger partial charge in [0.1, 0.15) is 6.61 Å². The number of carbonyl (C=O) groups is 1. The highest BCUT2D eigenvalue weighted by Crippen LogP contribution is 2.28. The topological polar surface area (TPSA) is 93.8 Å². The number of para-hydroxylation sites is 1. The SMILES string of the molecule is COc1cccc(CNCCOC(N)=O)c1O. The maximum atomic E-state index is 10.3. The van der Waals surface area contributed by atoms with Gasteiger partial charge in [-0.2, -0.15) is 0 Å². The van der Waals surface area contributed by atoms with E-state index in [1.54, 1.807) is 18.2 Å². The number of phenolic OH excluding ortho intramolecular Hbond substituents is 1. The van der Waals surface area contributed by atoms with Crippen LogP contribution < -0.4 is 15.8 Å². The second-order valence-corrected chi connectivity index (χ2v) is 3.31. The number of ether oxygens (including phenoxy) is 2. The first-order valence-corrected chi connectivity index (χ1v) is 5.13. The molecule has 0 fully saturated rings. The second-order valence-electron chi connectivity index (χ2n) is 3.31. The van der Waals surface area contributed by atoms with Gasteiger partial charge in [-0.3, -0.25) is 0 Å². The van der Waals surface area contributed by atoms with Gasteiger partial charge in [-0.15, -0.1) is 0 Å². The summed E-state index contributed by atoms with van der Waals surface area (Å²) in [4.78, 5) is 10.3. The van der Waals surface area contributed by atoms with E-state index in [4.69, 9.17) is 10.5 Å². The summed E-state index contributed by atoms with van der Waals surface area (Å²) in [5.74, 6) is 0.538. The molecule has 1 aromatic rings. The molecule has 0 saturated carbocycles. The van der Waals surface area contributed by atoms with E-state index in [1.807, 2.05) is 0 Å². The number of methoxy groups -OCH3 is 1. The first kappa shape index (κ1) is 13.1. The number of nitrogens with two attached hydrogens (primary N) is 1. The summed E-state index contributed by atoms with van der Waals surface area (Å²) in [6.07, 6.45) is -0.795. The van der Waals surface area contributed by atoms with Crippen LogP contribution in [-0.4, -0.2) is 31.5 Å². The van der Waals surface area contributed by atoms with E-state index in [-0.39, 0.29) is 12.4 Å². The fraction of sp³-hybridized carbons (Fsp3) is 0.364. The van der Waals surface area contributed by atoms with Gasteiger partial charge in [0.25, 0.3) is 0 Å². The van der Waals surface area contributed by atoms with E-state index in [2.05, 4.69) is 10.1 Å². The molecule has 0 heterocycles. The van der Waals surface area contributed by atoms with Crippen LogP contribution in [0.4, 0.5) is 4.79 Å². The highest BCUT2D eigenvalue weighted by molar-refractivity contribution is 5.64. The van der Waals surface area contributed by atoms with E-state index in [0.717, 1.165) is 0 Å². The monoisotopic (exact) mass is 240 g/mol. The molecule has 0 aromatic heterocycles. The van der Waals surface area contributed by atoms with Crippen molar-refractivity contribution < 1.29 is 19.4 Å². The van der Waals surface area contributed by atoms with E-state index in [1.165, 1.54) is 7.11 Å². The van der Waals surface area contributed by atoms with Crippen LogP contribution in [0.1, 0.15) is 5.56 Å². The number of phenols is 1. The molecule has 0 spiro atoms. The number of hydrogen-bond acceptors (Lipinski definition) is 5. The minimum absolute atomic E-state index is 0.110. The third-order valence-electron chi connectivity index (χ3n) is 2.14. The van der Waals surface area contributed by atoms with Crippen molar-refractivity contribution in [3.63, 3.8) is 0 Å². The summed E-state index contributed by atoms with van der Waals surface area (Å²) in [7, 11) is 1.49. The Morgan fingerprint density at radius 1 is 1.53 bits per heavy atom. The number of hydrogen-bond donors (Lipinski definition) is 3. The van der Waals surface area contributed by atoms with Gasteiger partial charge < -0.3 is 25.6 Å². The number of rotatable bonds is 6. The third kappa shape index (κ3) is 4.20. The van der Waals surface area contributed by atoms with Crippen LogP contribution in [0, 0.1) is 0 Å². The van der Waals surface area contributed by atoms with E-state index in [0.29, 0.717) is 24.4 Å². The van der Waals surface area contributed by atoms with Crippen molar-refractivity contribution in [3.05, 3.63) is 23.8 Å². The average Bonchev–Trinajstić information content (AvgIpc) is 2.30. The lowest BCUT2D eigenvalue weighted by Gasteiger charge is -2.09. The molecular weight excluding hydrogens is 224 g/mol. The number of amides is 1. The third-order valence-corrected chi connectivity index (χ3v) is 2.14. The van der Waals surface area contributed by atoms with Gasteiger partial charge in [-0.1, -0.05) is 12.1 Å². The van der Waals surface area contributed by atoms with Gasteiger partial charge in [0.15, 0.2) is 11.5 Å². The summed E-state index contributed by atoms with van der Waals surface area (Å²) in [6, 6.07) is 5.24. The zero-order chi connectivity index (χ0) is 12.7. The first-order chi connectivity index (χ1) is 8.15. The highest BCUT2D eigenvalue weighted by atomic mass is 16.5. The van der Waals surface area contributed by atoms with Crippen LogP contribution in [-0.2, 0) is 11.3 Å². The Hall–Kier alpha value is -1.95.